The number of aromatic nitrogens is 2. The highest BCUT2D eigenvalue weighted by atomic mass is 35.5. The molecule has 2 N–H and O–H groups in total. The number of aromatic carboxylic acids is 1. The highest BCUT2D eigenvalue weighted by Crippen LogP contribution is 2.26. The van der Waals surface area contributed by atoms with Crippen molar-refractivity contribution >= 4 is 17.6 Å². The van der Waals surface area contributed by atoms with Gasteiger partial charge in [0.15, 0.2) is 0 Å². The van der Waals surface area contributed by atoms with E-state index in [0.717, 1.165) is 18.2 Å². The predicted molar refractivity (Wildman–Crippen MR) is 55.9 cm³/mol. The van der Waals surface area contributed by atoms with Crippen LogP contribution >= 0.6 is 11.6 Å². The standard InChI is InChI=1S/C10H5ClF2N2O2/c11-5-2-6(12)4(1-7(5)13)8-3-9(10(16)17)15-14-8/h1-3H,(H,14,15)(H,16,17). The van der Waals surface area contributed by atoms with Crippen LogP contribution in [0.1, 0.15) is 10.5 Å². The van der Waals surface area contributed by atoms with Crippen molar-refractivity contribution in [3.8, 4) is 11.3 Å². The van der Waals surface area contributed by atoms with Gasteiger partial charge >= 0.3 is 5.97 Å². The molecule has 0 atom stereocenters. The number of hydrogen-bond donors (Lipinski definition) is 2. The van der Waals surface area contributed by atoms with Crippen molar-refractivity contribution in [2.75, 3.05) is 0 Å². The lowest BCUT2D eigenvalue weighted by atomic mass is 10.1. The number of halogens is 3. The first-order valence-corrected chi connectivity index (χ1v) is 4.80. The molecule has 0 bridgehead atoms. The fraction of sp³-hybridized carbons (Fsp3) is 0. The highest BCUT2D eigenvalue weighted by molar-refractivity contribution is 6.30. The van der Waals surface area contributed by atoms with Crippen LogP contribution in [0, 0.1) is 11.6 Å². The van der Waals surface area contributed by atoms with Gasteiger partial charge in [-0.1, -0.05) is 11.6 Å². The van der Waals surface area contributed by atoms with Gasteiger partial charge in [0.25, 0.3) is 0 Å². The molecule has 1 aromatic heterocycles. The van der Waals surface area contributed by atoms with E-state index in [0.29, 0.717) is 0 Å². The summed E-state index contributed by atoms with van der Waals surface area (Å²) in [7, 11) is 0. The molecule has 0 aliphatic carbocycles. The number of carboxylic acids is 1. The van der Waals surface area contributed by atoms with Gasteiger partial charge in [-0.15, -0.1) is 0 Å². The Kier molecular flexibility index (Phi) is 2.81. The van der Waals surface area contributed by atoms with E-state index in [9.17, 15) is 13.6 Å². The van der Waals surface area contributed by atoms with Gasteiger partial charge in [0.1, 0.15) is 17.3 Å². The number of nitrogens with zero attached hydrogens (tertiary/aromatic N) is 1. The van der Waals surface area contributed by atoms with E-state index in [-0.39, 0.29) is 22.0 Å². The fourth-order valence-corrected chi connectivity index (χ4v) is 1.44. The van der Waals surface area contributed by atoms with Crippen LogP contribution in [-0.4, -0.2) is 21.3 Å². The molecule has 0 aliphatic heterocycles. The maximum Gasteiger partial charge on any atom is 0.353 e. The molecule has 88 valence electrons. The number of rotatable bonds is 2. The van der Waals surface area contributed by atoms with Gasteiger partial charge in [0, 0.05) is 5.56 Å². The topological polar surface area (TPSA) is 66.0 Å². The molecular weight excluding hydrogens is 254 g/mol. The van der Waals surface area contributed by atoms with Crippen LogP contribution in [0.2, 0.25) is 5.02 Å². The summed E-state index contributed by atoms with van der Waals surface area (Å²) in [6, 6.07) is 2.77. The molecule has 0 aliphatic rings. The molecule has 4 nitrogen and oxygen atoms in total. The summed E-state index contributed by atoms with van der Waals surface area (Å²) in [5.74, 6) is -2.82. The third kappa shape index (κ3) is 2.12. The minimum absolute atomic E-state index is 0.00420. The minimum Gasteiger partial charge on any atom is -0.477 e. The number of nitrogens with one attached hydrogen (secondary N) is 1. The van der Waals surface area contributed by atoms with E-state index >= 15 is 0 Å². The Morgan fingerprint density at radius 1 is 1.29 bits per heavy atom. The molecule has 0 unspecified atom stereocenters. The molecule has 0 radical (unpaired) electrons. The quantitative estimate of drug-likeness (QED) is 0.814. The van der Waals surface area contributed by atoms with Crippen LogP contribution in [0.3, 0.4) is 0 Å². The Hall–Kier alpha value is -1.95. The maximum atomic E-state index is 13.5. The zero-order valence-electron chi connectivity index (χ0n) is 8.17. The second-order valence-corrected chi connectivity index (χ2v) is 3.63. The molecule has 0 spiro atoms. The Labute approximate surface area is 98.8 Å². The summed E-state index contributed by atoms with van der Waals surface area (Å²) in [5, 5.41) is 14.1. The van der Waals surface area contributed by atoms with E-state index < -0.39 is 17.6 Å². The minimum atomic E-state index is -1.24. The monoisotopic (exact) mass is 258 g/mol. The van der Waals surface area contributed by atoms with Crippen molar-refractivity contribution in [2.45, 2.75) is 0 Å². The normalized spacial score (nSPS) is 10.5. The summed E-state index contributed by atoms with van der Waals surface area (Å²) in [4.78, 5) is 10.6. The Morgan fingerprint density at radius 2 is 2.00 bits per heavy atom. The summed E-state index contributed by atoms with van der Waals surface area (Å²) in [6.45, 7) is 0. The number of carbonyl (C=O) groups is 1. The number of hydrogen-bond acceptors (Lipinski definition) is 2. The fourth-order valence-electron chi connectivity index (χ4n) is 1.29. The molecule has 0 saturated heterocycles. The molecule has 2 rings (SSSR count). The second kappa shape index (κ2) is 4.14. The van der Waals surface area contributed by atoms with Crippen LogP contribution in [0.4, 0.5) is 8.78 Å². The first-order valence-electron chi connectivity index (χ1n) is 4.42. The summed E-state index contributed by atoms with van der Waals surface area (Å²) in [6.07, 6.45) is 0. The third-order valence-corrected chi connectivity index (χ3v) is 2.38. The lowest BCUT2D eigenvalue weighted by molar-refractivity contribution is 0.0690. The number of H-pyrrole nitrogens is 1. The summed E-state index contributed by atoms with van der Waals surface area (Å²) >= 11 is 5.39. The molecule has 1 heterocycles. The SMILES string of the molecule is O=C(O)c1cc(-c2cc(F)c(Cl)cc2F)n[nH]1. The van der Waals surface area contributed by atoms with Gasteiger partial charge < -0.3 is 5.11 Å². The predicted octanol–water partition coefficient (Wildman–Crippen LogP) is 2.71. The Balaban J connectivity index is 2.52. The molecule has 0 amide bonds. The van der Waals surface area contributed by atoms with E-state index in [1.165, 1.54) is 0 Å². The van der Waals surface area contributed by atoms with Gasteiger partial charge in [-0.05, 0) is 18.2 Å². The summed E-state index contributed by atoms with van der Waals surface area (Å²) in [5.41, 5.74) is -0.374. The highest BCUT2D eigenvalue weighted by Gasteiger charge is 2.15. The molecule has 17 heavy (non-hydrogen) atoms. The van der Waals surface area contributed by atoms with Crippen LogP contribution in [0.25, 0.3) is 11.3 Å². The van der Waals surface area contributed by atoms with Crippen molar-refractivity contribution in [2.24, 2.45) is 0 Å². The van der Waals surface area contributed by atoms with Crippen LogP contribution in [0.15, 0.2) is 18.2 Å². The van der Waals surface area contributed by atoms with Gasteiger partial charge in [-0.25, -0.2) is 13.6 Å². The van der Waals surface area contributed by atoms with Crippen molar-refractivity contribution in [3.05, 3.63) is 40.6 Å². The molecule has 0 fully saturated rings. The lowest BCUT2D eigenvalue weighted by Gasteiger charge is -2.00. The van der Waals surface area contributed by atoms with Gasteiger partial charge in [-0.2, -0.15) is 5.10 Å². The number of aromatic amines is 1. The molecule has 2 aromatic rings. The Bertz CT molecular complexity index is 598. The number of carboxylic acid groups (broad SMARTS) is 1. The zero-order valence-corrected chi connectivity index (χ0v) is 8.92. The third-order valence-electron chi connectivity index (χ3n) is 2.09. The van der Waals surface area contributed by atoms with Gasteiger partial charge in [0.2, 0.25) is 0 Å². The number of benzene rings is 1. The van der Waals surface area contributed by atoms with E-state index in [1.54, 1.807) is 0 Å². The zero-order chi connectivity index (χ0) is 12.6. The van der Waals surface area contributed by atoms with Crippen LogP contribution < -0.4 is 0 Å². The molecule has 0 saturated carbocycles. The second-order valence-electron chi connectivity index (χ2n) is 3.22. The smallest absolute Gasteiger partial charge is 0.353 e. The maximum absolute atomic E-state index is 13.5. The van der Waals surface area contributed by atoms with Crippen molar-refractivity contribution in [3.63, 3.8) is 0 Å². The van der Waals surface area contributed by atoms with Crippen molar-refractivity contribution < 1.29 is 18.7 Å². The van der Waals surface area contributed by atoms with Crippen LogP contribution in [-0.2, 0) is 0 Å². The van der Waals surface area contributed by atoms with E-state index in [2.05, 4.69) is 10.2 Å². The average Bonchev–Trinajstić information content (AvgIpc) is 2.72. The molecule has 1 aromatic carbocycles. The average molecular weight is 259 g/mol. The van der Waals surface area contributed by atoms with Crippen molar-refractivity contribution in [1.82, 2.24) is 10.2 Å². The van der Waals surface area contributed by atoms with E-state index in [1.807, 2.05) is 0 Å². The molecule has 7 heteroatoms. The lowest BCUT2D eigenvalue weighted by Crippen LogP contribution is -1.95. The van der Waals surface area contributed by atoms with Gasteiger partial charge in [-0.3, -0.25) is 5.10 Å². The van der Waals surface area contributed by atoms with E-state index in [4.69, 9.17) is 16.7 Å². The summed E-state index contributed by atoms with van der Waals surface area (Å²) < 4.78 is 26.6. The molecular formula is C10H5ClF2N2O2. The largest absolute Gasteiger partial charge is 0.477 e. The van der Waals surface area contributed by atoms with Crippen molar-refractivity contribution in [1.29, 1.82) is 0 Å². The first kappa shape index (κ1) is 11.5. The Morgan fingerprint density at radius 3 is 2.59 bits per heavy atom. The first-order chi connectivity index (χ1) is 7.99. The van der Waals surface area contributed by atoms with Crippen LogP contribution in [0.5, 0.6) is 0 Å². The van der Waals surface area contributed by atoms with Gasteiger partial charge in [0.05, 0.1) is 10.7 Å².